The largest absolute Gasteiger partial charge is 0.497 e. The number of nitrogens with zero attached hydrogens (tertiary/aromatic N) is 3. The van der Waals surface area contributed by atoms with Crippen LogP contribution in [-0.2, 0) is 4.74 Å². The molecule has 8 heteroatoms. The lowest BCUT2D eigenvalue weighted by atomic mass is 9.96. The SMILES string of the molecule is CCCCOc1cccc(C2c3c(-c4ccc(OC)cc4)n[nH]c3C(=O)N2CCN2CCOCC2)c1. The van der Waals surface area contributed by atoms with E-state index in [-0.39, 0.29) is 11.9 Å². The van der Waals surface area contributed by atoms with Crippen LogP contribution in [-0.4, -0.2) is 79.0 Å². The first kappa shape index (κ1) is 24.3. The van der Waals surface area contributed by atoms with Gasteiger partial charge in [0.2, 0.25) is 0 Å². The first-order valence-electron chi connectivity index (χ1n) is 12.8. The van der Waals surface area contributed by atoms with Gasteiger partial charge in [-0.1, -0.05) is 25.5 Å². The molecule has 1 saturated heterocycles. The molecule has 0 bridgehead atoms. The fourth-order valence-corrected chi connectivity index (χ4v) is 4.93. The molecule has 5 rings (SSSR count). The fraction of sp³-hybridized carbons (Fsp3) is 0.429. The minimum Gasteiger partial charge on any atom is -0.497 e. The number of amides is 1. The second kappa shape index (κ2) is 11.1. The molecular formula is C28H34N4O4. The van der Waals surface area contributed by atoms with Crippen molar-refractivity contribution in [1.29, 1.82) is 0 Å². The average molecular weight is 491 g/mol. The average Bonchev–Trinajstić information content (AvgIpc) is 3.47. The molecule has 8 nitrogen and oxygen atoms in total. The molecule has 0 aliphatic carbocycles. The van der Waals surface area contributed by atoms with Gasteiger partial charge in [-0.3, -0.25) is 14.8 Å². The van der Waals surface area contributed by atoms with Crippen molar-refractivity contribution in [3.63, 3.8) is 0 Å². The summed E-state index contributed by atoms with van der Waals surface area (Å²) >= 11 is 0. The van der Waals surface area contributed by atoms with Crippen molar-refractivity contribution in [3.8, 4) is 22.8 Å². The topological polar surface area (TPSA) is 79.9 Å². The van der Waals surface area contributed by atoms with Gasteiger partial charge >= 0.3 is 0 Å². The number of methoxy groups -OCH3 is 1. The number of carbonyl (C=O) groups is 1. The van der Waals surface area contributed by atoms with Crippen molar-refractivity contribution in [1.82, 2.24) is 20.0 Å². The minimum absolute atomic E-state index is 0.0205. The first-order valence-corrected chi connectivity index (χ1v) is 12.8. The van der Waals surface area contributed by atoms with E-state index in [4.69, 9.17) is 14.2 Å². The maximum absolute atomic E-state index is 13.7. The Kier molecular flexibility index (Phi) is 7.53. The third-order valence-corrected chi connectivity index (χ3v) is 6.93. The highest BCUT2D eigenvalue weighted by Gasteiger charge is 2.42. The van der Waals surface area contributed by atoms with Crippen LogP contribution < -0.4 is 9.47 Å². The van der Waals surface area contributed by atoms with E-state index in [0.29, 0.717) is 18.8 Å². The second-order valence-corrected chi connectivity index (χ2v) is 9.22. The number of fused-ring (bicyclic) bond motifs is 1. The summed E-state index contributed by atoms with van der Waals surface area (Å²) in [6.45, 7) is 7.49. The normalized spacial score (nSPS) is 17.9. The van der Waals surface area contributed by atoms with Crippen molar-refractivity contribution in [2.75, 3.05) is 53.1 Å². The van der Waals surface area contributed by atoms with E-state index in [1.165, 1.54) is 0 Å². The third-order valence-electron chi connectivity index (χ3n) is 6.93. The molecule has 1 atom stereocenters. The lowest BCUT2D eigenvalue weighted by Crippen LogP contribution is -2.42. The van der Waals surface area contributed by atoms with E-state index in [2.05, 4.69) is 34.2 Å². The predicted molar refractivity (Wildman–Crippen MR) is 138 cm³/mol. The van der Waals surface area contributed by atoms with Crippen LogP contribution in [0.4, 0.5) is 0 Å². The van der Waals surface area contributed by atoms with Gasteiger partial charge < -0.3 is 19.1 Å². The summed E-state index contributed by atoms with van der Waals surface area (Å²) in [7, 11) is 1.65. The standard InChI is InChI=1S/C28H34N4O4/c1-3-4-16-36-23-7-5-6-21(19-23)27-24-25(20-8-10-22(34-2)11-9-20)29-30-26(24)28(33)32(27)13-12-31-14-17-35-18-15-31/h5-11,19,27H,3-4,12-18H2,1-2H3,(H,29,30). The van der Waals surface area contributed by atoms with E-state index in [0.717, 1.165) is 79.6 Å². The lowest BCUT2D eigenvalue weighted by molar-refractivity contribution is 0.0316. The Morgan fingerprint density at radius 2 is 1.89 bits per heavy atom. The van der Waals surface area contributed by atoms with Crippen LogP contribution in [0.1, 0.15) is 47.4 Å². The van der Waals surface area contributed by atoms with Crippen molar-refractivity contribution in [2.24, 2.45) is 0 Å². The second-order valence-electron chi connectivity index (χ2n) is 9.22. The fourth-order valence-electron chi connectivity index (χ4n) is 4.93. The molecule has 36 heavy (non-hydrogen) atoms. The highest BCUT2D eigenvalue weighted by molar-refractivity contribution is 6.00. The van der Waals surface area contributed by atoms with Crippen LogP contribution in [0, 0.1) is 0 Å². The van der Waals surface area contributed by atoms with Crippen molar-refractivity contribution in [2.45, 2.75) is 25.8 Å². The van der Waals surface area contributed by atoms with E-state index < -0.39 is 0 Å². The zero-order chi connectivity index (χ0) is 24.9. The van der Waals surface area contributed by atoms with Crippen LogP contribution in [0.15, 0.2) is 48.5 Å². The van der Waals surface area contributed by atoms with E-state index >= 15 is 0 Å². The molecule has 1 aromatic heterocycles. The number of nitrogens with one attached hydrogen (secondary N) is 1. The number of ether oxygens (including phenoxy) is 3. The van der Waals surface area contributed by atoms with Gasteiger partial charge in [-0.15, -0.1) is 0 Å². The molecule has 0 saturated carbocycles. The molecule has 1 amide bonds. The van der Waals surface area contributed by atoms with E-state index in [9.17, 15) is 4.79 Å². The van der Waals surface area contributed by atoms with Crippen molar-refractivity contribution >= 4 is 5.91 Å². The van der Waals surface area contributed by atoms with Gasteiger partial charge in [-0.25, -0.2) is 0 Å². The number of H-pyrrole nitrogens is 1. The number of unbranched alkanes of at least 4 members (excludes halogenated alkanes) is 1. The first-order chi connectivity index (χ1) is 17.7. The number of carbonyl (C=O) groups excluding carboxylic acids is 1. The number of aromatic amines is 1. The van der Waals surface area contributed by atoms with Gasteiger partial charge in [0.25, 0.3) is 5.91 Å². The minimum atomic E-state index is -0.251. The number of aromatic nitrogens is 2. The monoisotopic (exact) mass is 490 g/mol. The van der Waals surface area contributed by atoms with Crippen LogP contribution in [0.3, 0.4) is 0 Å². The van der Waals surface area contributed by atoms with Gasteiger partial charge in [0.05, 0.1) is 38.7 Å². The van der Waals surface area contributed by atoms with Crippen LogP contribution in [0.5, 0.6) is 11.5 Å². The molecule has 0 spiro atoms. The Morgan fingerprint density at radius 1 is 1.08 bits per heavy atom. The quantitative estimate of drug-likeness (QED) is 0.430. The molecule has 1 N–H and O–H groups in total. The van der Waals surface area contributed by atoms with Gasteiger partial charge in [-0.2, -0.15) is 5.10 Å². The number of morpholine rings is 1. The summed E-state index contributed by atoms with van der Waals surface area (Å²) in [5, 5.41) is 7.64. The Morgan fingerprint density at radius 3 is 2.64 bits per heavy atom. The lowest BCUT2D eigenvalue weighted by Gasteiger charge is -2.31. The number of hydrogen-bond donors (Lipinski definition) is 1. The number of hydrogen-bond acceptors (Lipinski definition) is 6. The summed E-state index contributed by atoms with van der Waals surface area (Å²) in [5.41, 5.74) is 4.23. The van der Waals surface area contributed by atoms with Crippen LogP contribution in [0.2, 0.25) is 0 Å². The summed E-state index contributed by atoms with van der Waals surface area (Å²) in [4.78, 5) is 18.0. The van der Waals surface area contributed by atoms with E-state index in [1.54, 1.807) is 7.11 Å². The van der Waals surface area contributed by atoms with Gasteiger partial charge in [0.15, 0.2) is 0 Å². The highest BCUT2D eigenvalue weighted by atomic mass is 16.5. The van der Waals surface area contributed by atoms with Gasteiger partial charge in [-0.05, 0) is 48.4 Å². The summed E-state index contributed by atoms with van der Waals surface area (Å²) < 4.78 is 16.8. The van der Waals surface area contributed by atoms with Crippen molar-refractivity contribution in [3.05, 3.63) is 65.4 Å². The Hall–Kier alpha value is -3.36. The molecule has 3 heterocycles. The highest BCUT2D eigenvalue weighted by Crippen LogP contribution is 2.43. The zero-order valence-corrected chi connectivity index (χ0v) is 21.0. The molecule has 190 valence electrons. The van der Waals surface area contributed by atoms with E-state index in [1.807, 2.05) is 41.3 Å². The summed E-state index contributed by atoms with van der Waals surface area (Å²) in [6.07, 6.45) is 2.08. The third kappa shape index (κ3) is 4.96. The zero-order valence-electron chi connectivity index (χ0n) is 21.0. The Bertz CT molecular complexity index is 1170. The molecule has 0 radical (unpaired) electrons. The maximum Gasteiger partial charge on any atom is 0.273 e. The van der Waals surface area contributed by atoms with Crippen LogP contribution >= 0.6 is 0 Å². The molecule has 2 aliphatic heterocycles. The molecule has 2 aliphatic rings. The Balaban J connectivity index is 1.50. The molecular weight excluding hydrogens is 456 g/mol. The number of benzene rings is 2. The number of rotatable bonds is 10. The van der Waals surface area contributed by atoms with Crippen LogP contribution in [0.25, 0.3) is 11.3 Å². The van der Waals surface area contributed by atoms with Crippen molar-refractivity contribution < 1.29 is 19.0 Å². The summed E-state index contributed by atoms with van der Waals surface area (Å²) in [6, 6.07) is 15.7. The Labute approximate surface area is 212 Å². The predicted octanol–water partition coefficient (Wildman–Crippen LogP) is 4.14. The maximum atomic E-state index is 13.7. The van der Waals surface area contributed by atoms with Gasteiger partial charge in [0, 0.05) is 37.3 Å². The molecule has 1 fully saturated rings. The molecule has 2 aromatic carbocycles. The van der Waals surface area contributed by atoms with Gasteiger partial charge in [0.1, 0.15) is 17.2 Å². The molecule has 1 unspecified atom stereocenters. The smallest absolute Gasteiger partial charge is 0.273 e. The summed E-state index contributed by atoms with van der Waals surface area (Å²) in [5.74, 6) is 1.58. The molecule has 3 aromatic rings.